The van der Waals surface area contributed by atoms with Gasteiger partial charge in [-0.15, -0.1) is 0 Å². The van der Waals surface area contributed by atoms with Crippen molar-refractivity contribution in [1.82, 2.24) is 9.88 Å². The molecule has 1 saturated heterocycles. The number of aromatic nitrogens is 1. The van der Waals surface area contributed by atoms with E-state index in [1.54, 1.807) is 92.4 Å². The lowest BCUT2D eigenvalue weighted by Crippen LogP contribution is -2.40. The van der Waals surface area contributed by atoms with Gasteiger partial charge in [0.1, 0.15) is 5.60 Å². The SMILES string of the molecule is CC(=O)N1/C(=C\c2cc(-c3ccccc3C(=O)OC(C)(C)C)c3cc(C(=O)N4CCOCC4)ccc3n2)C(=O)c2ccccc21. The van der Waals surface area contributed by atoms with E-state index in [9.17, 15) is 19.2 Å². The standard InChI is InChI=1S/C36H33N3O6/c1-22(40)39-31-12-8-7-11-27(31)33(41)32(39)21-24-20-28(25-9-5-6-10-26(25)35(43)45-36(2,3)4)29-19-23(13-14-30(29)37-24)34(42)38-15-17-44-18-16-38/h5-14,19-21H,15-18H2,1-4H3/b32-21-. The van der Waals surface area contributed by atoms with Gasteiger partial charge in [0.2, 0.25) is 11.7 Å². The highest BCUT2D eigenvalue weighted by molar-refractivity contribution is 6.26. The minimum absolute atomic E-state index is 0.121. The van der Waals surface area contributed by atoms with Gasteiger partial charge in [-0.1, -0.05) is 30.3 Å². The van der Waals surface area contributed by atoms with Gasteiger partial charge >= 0.3 is 5.97 Å². The van der Waals surface area contributed by atoms with E-state index >= 15 is 0 Å². The molecule has 0 N–H and O–H groups in total. The van der Waals surface area contributed by atoms with E-state index in [4.69, 9.17) is 14.5 Å². The molecule has 6 rings (SSSR count). The molecule has 0 aliphatic carbocycles. The fourth-order valence-corrected chi connectivity index (χ4v) is 5.69. The van der Waals surface area contributed by atoms with Crippen LogP contribution in [0.15, 0.2) is 78.5 Å². The fraction of sp³-hybridized carbons (Fsp3) is 0.250. The molecule has 0 spiro atoms. The van der Waals surface area contributed by atoms with Gasteiger partial charge in [0, 0.05) is 36.5 Å². The van der Waals surface area contributed by atoms with Crippen molar-refractivity contribution in [2.75, 3.05) is 31.2 Å². The first kappa shape index (κ1) is 29.9. The number of hydrogen-bond acceptors (Lipinski definition) is 7. The van der Waals surface area contributed by atoms with E-state index in [1.165, 1.54) is 11.8 Å². The molecule has 1 fully saturated rings. The first-order chi connectivity index (χ1) is 21.5. The molecule has 3 heterocycles. The quantitative estimate of drug-likeness (QED) is 0.211. The third-order valence-electron chi connectivity index (χ3n) is 7.67. The maximum absolute atomic E-state index is 13.5. The molecule has 0 radical (unpaired) electrons. The van der Waals surface area contributed by atoms with Crippen molar-refractivity contribution in [3.63, 3.8) is 0 Å². The Morgan fingerprint density at radius 2 is 1.58 bits per heavy atom. The molecule has 2 aliphatic rings. The zero-order chi connectivity index (χ0) is 31.9. The first-order valence-electron chi connectivity index (χ1n) is 14.8. The Bertz CT molecular complexity index is 1900. The largest absolute Gasteiger partial charge is 0.456 e. The number of anilines is 1. The van der Waals surface area contributed by atoms with Crippen LogP contribution in [-0.2, 0) is 14.3 Å². The van der Waals surface area contributed by atoms with Gasteiger partial charge in [0.15, 0.2) is 0 Å². The van der Waals surface area contributed by atoms with Crippen molar-refractivity contribution in [2.45, 2.75) is 33.3 Å². The number of ketones is 1. The number of amides is 2. The molecule has 4 aromatic rings. The molecule has 0 saturated carbocycles. The number of pyridine rings is 1. The number of hydrogen-bond donors (Lipinski definition) is 0. The van der Waals surface area contributed by atoms with Crippen LogP contribution >= 0.6 is 0 Å². The van der Waals surface area contributed by atoms with Crippen LogP contribution in [-0.4, -0.2) is 65.4 Å². The monoisotopic (exact) mass is 603 g/mol. The zero-order valence-corrected chi connectivity index (χ0v) is 25.6. The molecule has 1 aromatic heterocycles. The number of carbonyl (C=O) groups excluding carboxylic acids is 4. The Morgan fingerprint density at radius 1 is 0.889 bits per heavy atom. The Hall–Kier alpha value is -5.15. The third-order valence-corrected chi connectivity index (χ3v) is 7.67. The average molecular weight is 604 g/mol. The normalized spacial score (nSPS) is 15.8. The maximum atomic E-state index is 13.5. The summed E-state index contributed by atoms with van der Waals surface area (Å²) in [4.78, 5) is 61.1. The maximum Gasteiger partial charge on any atom is 0.339 e. The minimum atomic E-state index is -0.716. The summed E-state index contributed by atoms with van der Waals surface area (Å²) in [5, 5.41) is 0.650. The number of morpholine rings is 1. The van der Waals surface area contributed by atoms with Gasteiger partial charge < -0.3 is 14.4 Å². The molecular formula is C36H33N3O6. The Balaban J connectivity index is 1.54. The number of esters is 1. The van der Waals surface area contributed by atoms with Crippen molar-refractivity contribution < 1.29 is 28.7 Å². The molecule has 9 heteroatoms. The van der Waals surface area contributed by atoms with E-state index in [0.717, 1.165) is 0 Å². The molecule has 9 nitrogen and oxygen atoms in total. The lowest BCUT2D eigenvalue weighted by Gasteiger charge is -2.27. The predicted molar refractivity (Wildman–Crippen MR) is 171 cm³/mol. The summed E-state index contributed by atoms with van der Waals surface area (Å²) >= 11 is 0. The molecule has 228 valence electrons. The minimum Gasteiger partial charge on any atom is -0.456 e. The van der Waals surface area contributed by atoms with Crippen LogP contribution in [0.25, 0.3) is 28.1 Å². The Kier molecular flexibility index (Phi) is 7.80. The first-order valence-corrected chi connectivity index (χ1v) is 14.8. The molecule has 0 bridgehead atoms. The van der Waals surface area contributed by atoms with Gasteiger partial charge in [-0.25, -0.2) is 9.78 Å². The number of fused-ring (bicyclic) bond motifs is 2. The number of ether oxygens (including phenoxy) is 2. The topological polar surface area (TPSA) is 106 Å². The third kappa shape index (κ3) is 5.86. The van der Waals surface area contributed by atoms with E-state index < -0.39 is 11.6 Å². The van der Waals surface area contributed by atoms with E-state index in [1.807, 2.05) is 12.1 Å². The predicted octanol–water partition coefficient (Wildman–Crippen LogP) is 5.92. The molecular weight excluding hydrogens is 570 g/mol. The van der Waals surface area contributed by atoms with Crippen LogP contribution in [0.5, 0.6) is 0 Å². The number of rotatable bonds is 4. The van der Waals surface area contributed by atoms with E-state index in [2.05, 4.69) is 0 Å². The molecule has 0 atom stereocenters. The smallest absolute Gasteiger partial charge is 0.339 e. The number of carbonyl (C=O) groups is 4. The lowest BCUT2D eigenvalue weighted by molar-refractivity contribution is -0.116. The van der Waals surface area contributed by atoms with Crippen molar-refractivity contribution in [1.29, 1.82) is 0 Å². The Morgan fingerprint density at radius 3 is 2.29 bits per heavy atom. The lowest BCUT2D eigenvalue weighted by atomic mass is 9.94. The Labute approximate surface area is 261 Å². The molecule has 3 aromatic carbocycles. The second kappa shape index (κ2) is 11.7. The van der Waals surface area contributed by atoms with Crippen LogP contribution in [0.2, 0.25) is 0 Å². The van der Waals surface area contributed by atoms with Crippen LogP contribution < -0.4 is 4.90 Å². The van der Waals surface area contributed by atoms with E-state index in [0.29, 0.717) is 76.4 Å². The highest BCUT2D eigenvalue weighted by Crippen LogP contribution is 2.37. The van der Waals surface area contributed by atoms with Crippen LogP contribution in [0, 0.1) is 0 Å². The van der Waals surface area contributed by atoms with Crippen LogP contribution in [0.3, 0.4) is 0 Å². The summed E-state index contributed by atoms with van der Waals surface area (Å²) in [5.74, 6) is -1.20. The highest BCUT2D eigenvalue weighted by atomic mass is 16.6. The van der Waals surface area contributed by atoms with Crippen molar-refractivity contribution >= 4 is 46.2 Å². The van der Waals surface area contributed by atoms with Gasteiger partial charge in [-0.2, -0.15) is 0 Å². The van der Waals surface area contributed by atoms with Crippen LogP contribution in [0.4, 0.5) is 5.69 Å². The van der Waals surface area contributed by atoms with Gasteiger partial charge in [-0.3, -0.25) is 19.3 Å². The van der Waals surface area contributed by atoms with Crippen molar-refractivity contribution in [3.05, 3.63) is 101 Å². The summed E-state index contributed by atoms with van der Waals surface area (Å²) in [6, 6.07) is 21.1. The van der Waals surface area contributed by atoms with Gasteiger partial charge in [0.05, 0.1) is 41.4 Å². The molecule has 45 heavy (non-hydrogen) atoms. The zero-order valence-electron chi connectivity index (χ0n) is 25.6. The van der Waals surface area contributed by atoms with Gasteiger partial charge in [0.25, 0.3) is 5.91 Å². The van der Waals surface area contributed by atoms with Crippen molar-refractivity contribution in [2.24, 2.45) is 0 Å². The summed E-state index contributed by atoms with van der Waals surface area (Å²) in [5.41, 5.74) is 3.41. The second-order valence-electron chi connectivity index (χ2n) is 12.0. The number of Topliss-reactive ketones (excluding diaryl/α,β-unsaturated/α-hetero) is 1. The van der Waals surface area contributed by atoms with Gasteiger partial charge in [-0.05, 0) is 80.4 Å². The molecule has 2 amide bonds. The fourth-order valence-electron chi connectivity index (χ4n) is 5.69. The van der Waals surface area contributed by atoms with Crippen LogP contribution in [0.1, 0.15) is 64.5 Å². The average Bonchev–Trinajstić information content (AvgIpc) is 3.30. The number of allylic oxidation sites excluding steroid dienone is 1. The summed E-state index contributed by atoms with van der Waals surface area (Å²) < 4.78 is 11.2. The van der Waals surface area contributed by atoms with E-state index in [-0.39, 0.29) is 23.3 Å². The van der Waals surface area contributed by atoms with Crippen molar-refractivity contribution in [3.8, 4) is 11.1 Å². The second-order valence-corrected chi connectivity index (χ2v) is 12.0. The summed E-state index contributed by atoms with van der Waals surface area (Å²) in [6.45, 7) is 8.78. The highest BCUT2D eigenvalue weighted by Gasteiger charge is 2.34. The summed E-state index contributed by atoms with van der Waals surface area (Å²) in [7, 11) is 0. The summed E-state index contributed by atoms with van der Waals surface area (Å²) in [6.07, 6.45) is 1.59. The number of benzene rings is 3. The number of para-hydroxylation sites is 1. The molecule has 0 unspecified atom stereocenters. The molecule has 2 aliphatic heterocycles. The number of nitrogens with zero attached hydrogens (tertiary/aromatic N) is 3.